The van der Waals surface area contributed by atoms with Crippen molar-refractivity contribution in [2.75, 3.05) is 13.2 Å². The number of nitrogens with one attached hydrogen (secondary N) is 1. The molecule has 34 heavy (non-hydrogen) atoms. The zero-order chi connectivity index (χ0) is 24.5. The maximum Gasteiger partial charge on any atom is 0.261 e. The van der Waals surface area contributed by atoms with E-state index < -0.39 is 6.04 Å². The molecule has 5 nitrogen and oxygen atoms in total. The minimum atomic E-state index is -0.562. The maximum absolute atomic E-state index is 13.4. The van der Waals surface area contributed by atoms with Crippen LogP contribution in [0, 0.1) is 6.92 Å². The number of fused-ring (bicyclic) bond motifs is 1. The van der Waals surface area contributed by atoms with E-state index >= 15 is 0 Å². The zero-order valence-corrected chi connectivity index (χ0v) is 21.7. The summed E-state index contributed by atoms with van der Waals surface area (Å²) in [5.74, 6) is 0.258. The molecule has 2 amide bonds. The van der Waals surface area contributed by atoms with E-state index in [1.807, 2.05) is 74.5 Å². The number of hydrogen-bond donors (Lipinski definition) is 1. The van der Waals surface area contributed by atoms with Gasteiger partial charge in [0.2, 0.25) is 5.91 Å². The topological polar surface area (TPSA) is 58.6 Å². The molecule has 0 bridgehead atoms. The fraction of sp³-hybridized carbons (Fsp3) is 0.357. The Balaban J connectivity index is 1.81. The minimum absolute atomic E-state index is 0.121. The van der Waals surface area contributed by atoms with Crippen LogP contribution in [0.4, 0.5) is 0 Å². The molecule has 0 unspecified atom stereocenters. The van der Waals surface area contributed by atoms with Crippen LogP contribution in [0.3, 0.4) is 0 Å². The van der Waals surface area contributed by atoms with Gasteiger partial charge in [0.05, 0.1) is 4.47 Å². The molecular formula is C28H33BrN2O3. The number of halogens is 1. The second-order valence-corrected chi connectivity index (χ2v) is 9.20. The van der Waals surface area contributed by atoms with Gasteiger partial charge in [0, 0.05) is 13.1 Å². The molecule has 3 rings (SSSR count). The van der Waals surface area contributed by atoms with E-state index in [1.54, 1.807) is 4.90 Å². The van der Waals surface area contributed by atoms with Crippen molar-refractivity contribution >= 4 is 38.5 Å². The van der Waals surface area contributed by atoms with Crippen molar-refractivity contribution in [2.45, 2.75) is 52.6 Å². The molecule has 0 aliphatic heterocycles. The highest BCUT2D eigenvalue weighted by atomic mass is 79.9. The smallest absolute Gasteiger partial charge is 0.261 e. The van der Waals surface area contributed by atoms with Crippen LogP contribution < -0.4 is 10.1 Å². The first kappa shape index (κ1) is 25.8. The normalized spacial score (nSPS) is 11.8. The number of unbranched alkanes of at least 4 members (excludes halogenated alkanes) is 1. The first-order valence-corrected chi connectivity index (χ1v) is 12.7. The Morgan fingerprint density at radius 1 is 1.03 bits per heavy atom. The van der Waals surface area contributed by atoms with E-state index in [-0.39, 0.29) is 18.4 Å². The lowest BCUT2D eigenvalue weighted by molar-refractivity contribution is -0.143. The first-order chi connectivity index (χ1) is 16.5. The Morgan fingerprint density at radius 3 is 2.50 bits per heavy atom. The molecule has 0 spiro atoms. The number of carbonyl (C=O) groups is 2. The monoisotopic (exact) mass is 524 g/mol. The van der Waals surface area contributed by atoms with Gasteiger partial charge in [0.15, 0.2) is 6.61 Å². The summed E-state index contributed by atoms with van der Waals surface area (Å²) in [5.41, 5.74) is 2.10. The fourth-order valence-corrected chi connectivity index (χ4v) is 4.55. The Morgan fingerprint density at radius 2 is 1.76 bits per heavy atom. The van der Waals surface area contributed by atoms with Gasteiger partial charge >= 0.3 is 0 Å². The molecule has 0 fully saturated rings. The van der Waals surface area contributed by atoms with Gasteiger partial charge in [-0.2, -0.15) is 0 Å². The molecule has 0 aliphatic carbocycles. The SMILES string of the molecule is CCCCNC(=O)[C@H](CC)N(Cc1ccccc1C)C(=O)COc1ccc2ccccc2c1Br. The van der Waals surface area contributed by atoms with Gasteiger partial charge in [-0.3, -0.25) is 9.59 Å². The van der Waals surface area contributed by atoms with Gasteiger partial charge < -0.3 is 15.0 Å². The van der Waals surface area contributed by atoms with Gasteiger partial charge in [-0.05, 0) is 63.7 Å². The van der Waals surface area contributed by atoms with Gasteiger partial charge in [-0.15, -0.1) is 0 Å². The molecular weight excluding hydrogens is 492 g/mol. The van der Waals surface area contributed by atoms with Crippen LogP contribution in [0.1, 0.15) is 44.2 Å². The van der Waals surface area contributed by atoms with Crippen LogP contribution in [-0.2, 0) is 16.1 Å². The number of nitrogens with zero attached hydrogens (tertiary/aromatic N) is 1. The van der Waals surface area contributed by atoms with E-state index in [0.717, 1.165) is 39.2 Å². The number of aryl methyl sites for hydroxylation is 1. The summed E-state index contributed by atoms with van der Waals surface area (Å²) in [5, 5.41) is 5.10. The summed E-state index contributed by atoms with van der Waals surface area (Å²) in [4.78, 5) is 28.1. The number of carbonyl (C=O) groups excluding carboxylic acids is 2. The number of hydrogen-bond acceptors (Lipinski definition) is 3. The second kappa shape index (κ2) is 12.6. The molecule has 0 radical (unpaired) electrons. The summed E-state index contributed by atoms with van der Waals surface area (Å²) in [6, 6.07) is 19.2. The number of benzene rings is 3. The van der Waals surface area contributed by atoms with Gasteiger partial charge in [0.1, 0.15) is 11.8 Å². The van der Waals surface area contributed by atoms with Gasteiger partial charge in [0.25, 0.3) is 5.91 Å². The summed E-state index contributed by atoms with van der Waals surface area (Å²) in [6.07, 6.45) is 2.43. The highest BCUT2D eigenvalue weighted by molar-refractivity contribution is 9.10. The third kappa shape index (κ3) is 6.38. The summed E-state index contributed by atoms with van der Waals surface area (Å²) < 4.78 is 6.77. The van der Waals surface area contributed by atoms with E-state index in [1.165, 1.54) is 0 Å². The molecule has 3 aromatic rings. The molecule has 0 saturated carbocycles. The quantitative estimate of drug-likeness (QED) is 0.312. The molecule has 180 valence electrons. The van der Waals surface area contributed by atoms with E-state index in [2.05, 4.69) is 28.2 Å². The van der Waals surface area contributed by atoms with Crippen molar-refractivity contribution in [3.63, 3.8) is 0 Å². The summed E-state index contributed by atoms with van der Waals surface area (Å²) in [6.45, 7) is 6.85. The van der Waals surface area contributed by atoms with Crippen LogP contribution in [0.25, 0.3) is 10.8 Å². The van der Waals surface area contributed by atoms with Crippen molar-refractivity contribution < 1.29 is 14.3 Å². The van der Waals surface area contributed by atoms with Crippen LogP contribution in [0.15, 0.2) is 65.1 Å². The average molecular weight is 525 g/mol. The number of amides is 2. The van der Waals surface area contributed by atoms with E-state index in [9.17, 15) is 9.59 Å². The summed E-state index contributed by atoms with van der Waals surface area (Å²) >= 11 is 3.62. The highest BCUT2D eigenvalue weighted by Crippen LogP contribution is 2.33. The van der Waals surface area contributed by atoms with Crippen LogP contribution in [0.5, 0.6) is 5.75 Å². The van der Waals surface area contributed by atoms with Crippen molar-refractivity contribution in [2.24, 2.45) is 0 Å². The van der Waals surface area contributed by atoms with E-state index in [4.69, 9.17) is 4.74 Å². The Labute approximate surface area is 210 Å². The average Bonchev–Trinajstić information content (AvgIpc) is 2.85. The summed E-state index contributed by atoms with van der Waals surface area (Å²) in [7, 11) is 0. The molecule has 1 N–H and O–H groups in total. The molecule has 3 aromatic carbocycles. The zero-order valence-electron chi connectivity index (χ0n) is 20.1. The molecule has 0 aliphatic rings. The predicted octanol–water partition coefficient (Wildman–Crippen LogP) is 6.01. The second-order valence-electron chi connectivity index (χ2n) is 8.40. The van der Waals surface area contributed by atoms with Crippen molar-refractivity contribution in [3.8, 4) is 5.75 Å². The van der Waals surface area contributed by atoms with Crippen molar-refractivity contribution in [1.29, 1.82) is 0 Å². The highest BCUT2D eigenvalue weighted by Gasteiger charge is 2.29. The van der Waals surface area contributed by atoms with Crippen molar-refractivity contribution in [3.05, 3.63) is 76.3 Å². The van der Waals surface area contributed by atoms with Gasteiger partial charge in [-0.1, -0.05) is 74.9 Å². The minimum Gasteiger partial charge on any atom is -0.483 e. The predicted molar refractivity (Wildman–Crippen MR) is 141 cm³/mol. The maximum atomic E-state index is 13.4. The lowest BCUT2D eigenvalue weighted by atomic mass is 10.1. The molecule has 6 heteroatoms. The molecule has 0 saturated heterocycles. The standard InChI is InChI=1S/C28H33BrN2O3/c1-4-6-17-30-28(33)24(5-2)31(18-22-13-8-7-11-20(22)3)26(32)19-34-25-16-15-21-12-9-10-14-23(21)27(25)29/h7-16,24H,4-6,17-19H2,1-3H3,(H,30,33)/t24-/m0/s1. The Bertz CT molecular complexity index is 1130. The third-order valence-electron chi connectivity index (χ3n) is 6.00. The third-order valence-corrected chi connectivity index (χ3v) is 6.81. The molecule has 0 heterocycles. The largest absolute Gasteiger partial charge is 0.483 e. The molecule has 0 aromatic heterocycles. The molecule has 1 atom stereocenters. The van der Waals surface area contributed by atoms with Crippen molar-refractivity contribution in [1.82, 2.24) is 10.2 Å². The Kier molecular flexibility index (Phi) is 9.52. The first-order valence-electron chi connectivity index (χ1n) is 11.9. The number of rotatable bonds is 11. The van der Waals surface area contributed by atoms with Gasteiger partial charge in [-0.25, -0.2) is 0 Å². The van der Waals surface area contributed by atoms with E-state index in [0.29, 0.717) is 25.3 Å². The van der Waals surface area contributed by atoms with Crippen LogP contribution >= 0.6 is 15.9 Å². The lowest BCUT2D eigenvalue weighted by Crippen LogP contribution is -2.50. The Hall–Kier alpha value is -2.86. The van der Waals surface area contributed by atoms with Crippen LogP contribution in [0.2, 0.25) is 0 Å². The fourth-order valence-electron chi connectivity index (χ4n) is 3.94. The van der Waals surface area contributed by atoms with Crippen LogP contribution in [-0.4, -0.2) is 35.9 Å². The lowest BCUT2D eigenvalue weighted by Gasteiger charge is -2.31. The number of ether oxygens (including phenoxy) is 1.